The topological polar surface area (TPSA) is 82.5 Å². The van der Waals surface area contributed by atoms with Crippen molar-refractivity contribution in [1.29, 1.82) is 0 Å². The van der Waals surface area contributed by atoms with Gasteiger partial charge in [-0.1, -0.05) is 6.07 Å². The zero-order chi connectivity index (χ0) is 12.4. The molecule has 3 heterocycles. The maximum atomic E-state index is 5.52. The molecule has 0 radical (unpaired) electrons. The minimum absolute atomic E-state index is 0.387. The minimum atomic E-state index is 0.387. The van der Waals surface area contributed by atoms with Crippen LogP contribution in [-0.4, -0.2) is 24.5 Å². The van der Waals surface area contributed by atoms with E-state index < -0.39 is 0 Å². The molecule has 3 rings (SSSR count). The molecule has 3 aromatic rings. The highest BCUT2D eigenvalue weighted by molar-refractivity contribution is 5.52. The Hall–Kier alpha value is -2.76. The lowest BCUT2D eigenvalue weighted by atomic mass is 10.3. The molecule has 88 valence electrons. The number of hydrogen-bond acceptors (Lipinski definition) is 5. The Balaban J connectivity index is 2.10. The van der Waals surface area contributed by atoms with Gasteiger partial charge >= 0.3 is 0 Å². The number of imidazole rings is 1. The molecule has 0 aliphatic rings. The zero-order valence-electron chi connectivity index (χ0n) is 9.43. The Morgan fingerprint density at radius 2 is 1.89 bits per heavy atom. The molecule has 18 heavy (non-hydrogen) atoms. The molecule has 0 bridgehead atoms. The monoisotopic (exact) mass is 238 g/mol. The molecule has 0 saturated carbocycles. The van der Waals surface area contributed by atoms with Crippen LogP contribution < -0.4 is 5.73 Å². The van der Waals surface area contributed by atoms with E-state index in [1.165, 1.54) is 6.20 Å². The van der Waals surface area contributed by atoms with Crippen molar-refractivity contribution in [3.63, 3.8) is 0 Å². The molecule has 0 unspecified atom stereocenters. The predicted octanol–water partition coefficient (Wildman–Crippen LogP) is 1.31. The van der Waals surface area contributed by atoms with Gasteiger partial charge in [0, 0.05) is 18.6 Å². The second-order valence-electron chi connectivity index (χ2n) is 3.64. The second-order valence-corrected chi connectivity index (χ2v) is 3.64. The zero-order valence-corrected chi connectivity index (χ0v) is 9.43. The summed E-state index contributed by atoms with van der Waals surface area (Å²) in [4.78, 5) is 16.8. The van der Waals surface area contributed by atoms with E-state index in [2.05, 4.69) is 19.9 Å². The van der Waals surface area contributed by atoms with Crippen molar-refractivity contribution in [3.05, 3.63) is 49.2 Å². The predicted molar refractivity (Wildman–Crippen MR) is 66.8 cm³/mol. The van der Waals surface area contributed by atoms with Gasteiger partial charge in [-0.2, -0.15) is 0 Å². The van der Waals surface area contributed by atoms with Crippen molar-refractivity contribution in [3.8, 4) is 17.3 Å². The Morgan fingerprint density at radius 1 is 0.944 bits per heavy atom. The lowest BCUT2D eigenvalue weighted by Gasteiger charge is -2.05. The van der Waals surface area contributed by atoms with E-state index >= 15 is 0 Å². The van der Waals surface area contributed by atoms with E-state index in [-0.39, 0.29) is 0 Å². The SMILES string of the molecule is Nc1cnc(-n2ccnc2-c2ccccn2)cn1. The summed E-state index contributed by atoms with van der Waals surface area (Å²) in [6.07, 6.45) is 8.34. The fraction of sp³-hybridized carbons (Fsp3) is 0. The first kappa shape index (κ1) is 10.4. The third kappa shape index (κ3) is 1.80. The Labute approximate surface area is 103 Å². The van der Waals surface area contributed by atoms with E-state index in [1.807, 2.05) is 29.0 Å². The molecule has 3 aromatic heterocycles. The first-order chi connectivity index (χ1) is 8.84. The van der Waals surface area contributed by atoms with Gasteiger partial charge in [-0.3, -0.25) is 9.55 Å². The van der Waals surface area contributed by atoms with Crippen LogP contribution in [0.4, 0.5) is 5.82 Å². The van der Waals surface area contributed by atoms with Crippen LogP contribution in [0.5, 0.6) is 0 Å². The molecule has 0 saturated heterocycles. The number of nitrogen functional groups attached to an aromatic ring is 1. The molecule has 2 N–H and O–H groups in total. The first-order valence-corrected chi connectivity index (χ1v) is 5.37. The van der Waals surface area contributed by atoms with Crippen LogP contribution in [0, 0.1) is 0 Å². The van der Waals surface area contributed by atoms with Crippen molar-refractivity contribution < 1.29 is 0 Å². The molecule has 0 spiro atoms. The number of pyridine rings is 1. The molecule has 0 fully saturated rings. The van der Waals surface area contributed by atoms with Crippen LogP contribution in [0.15, 0.2) is 49.2 Å². The van der Waals surface area contributed by atoms with Crippen LogP contribution in [0.1, 0.15) is 0 Å². The number of aromatic nitrogens is 5. The normalized spacial score (nSPS) is 10.4. The average Bonchev–Trinajstić information content (AvgIpc) is 2.90. The lowest BCUT2D eigenvalue weighted by Crippen LogP contribution is -2.02. The van der Waals surface area contributed by atoms with Gasteiger partial charge in [0.15, 0.2) is 11.6 Å². The Kier molecular flexibility index (Phi) is 2.45. The van der Waals surface area contributed by atoms with Crippen LogP contribution in [0.2, 0.25) is 0 Å². The smallest absolute Gasteiger partial charge is 0.164 e. The maximum absolute atomic E-state index is 5.52. The number of rotatable bonds is 2. The summed E-state index contributed by atoms with van der Waals surface area (Å²) < 4.78 is 1.81. The van der Waals surface area contributed by atoms with Gasteiger partial charge < -0.3 is 5.73 Å². The van der Waals surface area contributed by atoms with Gasteiger partial charge in [-0.05, 0) is 12.1 Å². The highest BCUT2D eigenvalue weighted by Gasteiger charge is 2.09. The molecule has 0 atom stereocenters. The Morgan fingerprint density at radius 3 is 2.61 bits per heavy atom. The number of anilines is 1. The highest BCUT2D eigenvalue weighted by Crippen LogP contribution is 2.17. The largest absolute Gasteiger partial charge is 0.382 e. The van der Waals surface area contributed by atoms with Gasteiger partial charge in [-0.25, -0.2) is 15.0 Å². The molecular weight excluding hydrogens is 228 g/mol. The summed E-state index contributed by atoms with van der Waals surface area (Å²) in [7, 11) is 0. The van der Waals surface area contributed by atoms with Gasteiger partial charge in [-0.15, -0.1) is 0 Å². The summed E-state index contributed by atoms with van der Waals surface area (Å²) in [5, 5.41) is 0. The fourth-order valence-electron chi connectivity index (χ4n) is 1.63. The van der Waals surface area contributed by atoms with Gasteiger partial charge in [0.05, 0.1) is 12.4 Å². The van der Waals surface area contributed by atoms with Gasteiger partial charge in [0.2, 0.25) is 0 Å². The van der Waals surface area contributed by atoms with Crippen LogP contribution in [0.3, 0.4) is 0 Å². The van der Waals surface area contributed by atoms with E-state index in [0.29, 0.717) is 11.6 Å². The molecular formula is C12H10N6. The van der Waals surface area contributed by atoms with Crippen molar-refractivity contribution in [2.24, 2.45) is 0 Å². The summed E-state index contributed by atoms with van der Waals surface area (Å²) in [5.74, 6) is 1.76. The third-order valence-corrected chi connectivity index (χ3v) is 2.44. The van der Waals surface area contributed by atoms with E-state index in [1.54, 1.807) is 18.6 Å². The summed E-state index contributed by atoms with van der Waals surface area (Å²) in [6, 6.07) is 5.67. The van der Waals surface area contributed by atoms with Crippen molar-refractivity contribution in [2.45, 2.75) is 0 Å². The van der Waals surface area contributed by atoms with E-state index in [9.17, 15) is 0 Å². The van der Waals surface area contributed by atoms with Gasteiger partial charge in [0.1, 0.15) is 11.5 Å². The maximum Gasteiger partial charge on any atom is 0.164 e. The third-order valence-electron chi connectivity index (χ3n) is 2.44. The first-order valence-electron chi connectivity index (χ1n) is 5.37. The highest BCUT2D eigenvalue weighted by atomic mass is 15.1. The number of nitrogens with two attached hydrogens (primary N) is 1. The fourth-order valence-corrected chi connectivity index (χ4v) is 1.63. The second kappa shape index (κ2) is 4.25. The summed E-state index contributed by atoms with van der Waals surface area (Å²) in [5.41, 5.74) is 6.30. The van der Waals surface area contributed by atoms with Crippen molar-refractivity contribution in [2.75, 3.05) is 5.73 Å². The average molecular weight is 238 g/mol. The van der Waals surface area contributed by atoms with Crippen LogP contribution in [0.25, 0.3) is 17.3 Å². The molecule has 0 aliphatic carbocycles. The van der Waals surface area contributed by atoms with Crippen LogP contribution >= 0.6 is 0 Å². The molecule has 6 nitrogen and oxygen atoms in total. The number of nitrogens with zero attached hydrogens (tertiary/aromatic N) is 5. The standard InChI is InChI=1S/C12H10N6/c13-10-7-17-11(8-16-10)18-6-5-15-12(18)9-3-1-2-4-14-9/h1-8H,(H2,13,16). The van der Waals surface area contributed by atoms with E-state index in [0.717, 1.165) is 11.5 Å². The van der Waals surface area contributed by atoms with E-state index in [4.69, 9.17) is 5.73 Å². The van der Waals surface area contributed by atoms with Crippen molar-refractivity contribution in [1.82, 2.24) is 24.5 Å². The summed E-state index contributed by atoms with van der Waals surface area (Å²) in [6.45, 7) is 0. The van der Waals surface area contributed by atoms with Crippen molar-refractivity contribution >= 4 is 5.82 Å². The minimum Gasteiger partial charge on any atom is -0.382 e. The lowest BCUT2D eigenvalue weighted by molar-refractivity contribution is 0.974. The number of hydrogen-bond donors (Lipinski definition) is 1. The molecule has 0 aromatic carbocycles. The Bertz CT molecular complexity index is 644. The quantitative estimate of drug-likeness (QED) is 0.727. The molecule has 6 heteroatoms. The molecule has 0 aliphatic heterocycles. The van der Waals surface area contributed by atoms with Crippen LogP contribution in [-0.2, 0) is 0 Å². The summed E-state index contributed by atoms with van der Waals surface area (Å²) >= 11 is 0. The van der Waals surface area contributed by atoms with Gasteiger partial charge in [0.25, 0.3) is 0 Å². The molecule has 0 amide bonds.